The number of para-hydroxylation sites is 1. The van der Waals surface area contributed by atoms with Crippen molar-refractivity contribution in [3.05, 3.63) is 42.0 Å². The molecule has 2 aromatic heterocycles. The normalized spacial score (nSPS) is 11.3. The van der Waals surface area contributed by atoms with Crippen LogP contribution in [0.4, 0.5) is 10.2 Å². The summed E-state index contributed by atoms with van der Waals surface area (Å²) < 4.78 is 19.4. The lowest BCUT2D eigenvalue weighted by molar-refractivity contribution is 0.567. The number of aromatic nitrogens is 2. The van der Waals surface area contributed by atoms with Gasteiger partial charge >= 0.3 is 0 Å². The molecule has 108 valence electrons. The van der Waals surface area contributed by atoms with Crippen LogP contribution in [-0.2, 0) is 0 Å². The Kier molecular flexibility index (Phi) is 3.33. The molecular weight excluding hydrogens is 269 g/mol. The van der Waals surface area contributed by atoms with Gasteiger partial charge in [-0.2, -0.15) is 0 Å². The molecule has 0 saturated carbocycles. The predicted molar refractivity (Wildman–Crippen MR) is 80.8 cm³/mol. The van der Waals surface area contributed by atoms with Crippen LogP contribution in [0.2, 0.25) is 0 Å². The van der Waals surface area contributed by atoms with Crippen molar-refractivity contribution in [3.8, 4) is 11.5 Å². The third-order valence-electron chi connectivity index (χ3n) is 3.26. The zero-order chi connectivity index (χ0) is 15.0. The first kappa shape index (κ1) is 13.5. The summed E-state index contributed by atoms with van der Waals surface area (Å²) in [4.78, 5) is 8.92. The lowest BCUT2D eigenvalue weighted by atomic mass is 10.2. The average molecular weight is 285 g/mol. The predicted octanol–water partition coefficient (Wildman–Crippen LogP) is 4.19. The van der Waals surface area contributed by atoms with Gasteiger partial charge in [-0.25, -0.2) is 14.4 Å². The number of anilines is 1. The molecule has 1 aromatic carbocycles. The Balaban J connectivity index is 2.17. The SMILES string of the molecule is CNc1cc(-c2cc3cccc(F)c3o2)nc(C(C)C)n1. The molecule has 3 aromatic rings. The summed E-state index contributed by atoms with van der Waals surface area (Å²) >= 11 is 0. The van der Waals surface area contributed by atoms with Crippen LogP contribution in [0.3, 0.4) is 0 Å². The van der Waals surface area contributed by atoms with Gasteiger partial charge in [-0.3, -0.25) is 0 Å². The largest absolute Gasteiger partial charge is 0.451 e. The van der Waals surface area contributed by atoms with Crippen LogP contribution in [-0.4, -0.2) is 17.0 Å². The van der Waals surface area contributed by atoms with E-state index >= 15 is 0 Å². The minimum atomic E-state index is -0.370. The van der Waals surface area contributed by atoms with Gasteiger partial charge in [0.15, 0.2) is 17.2 Å². The Morgan fingerprint density at radius 1 is 1.19 bits per heavy atom. The van der Waals surface area contributed by atoms with E-state index in [0.717, 1.165) is 11.2 Å². The molecule has 0 radical (unpaired) electrons. The highest BCUT2D eigenvalue weighted by Gasteiger charge is 2.14. The molecule has 0 atom stereocenters. The summed E-state index contributed by atoms with van der Waals surface area (Å²) in [6.45, 7) is 4.05. The van der Waals surface area contributed by atoms with Gasteiger partial charge in [-0.1, -0.05) is 26.0 Å². The van der Waals surface area contributed by atoms with E-state index in [0.29, 0.717) is 17.3 Å². The van der Waals surface area contributed by atoms with E-state index in [1.54, 1.807) is 25.2 Å². The van der Waals surface area contributed by atoms with Gasteiger partial charge in [0.1, 0.15) is 17.3 Å². The maximum absolute atomic E-state index is 13.7. The molecule has 0 aliphatic carbocycles. The molecule has 0 fully saturated rings. The second-order valence-electron chi connectivity index (χ2n) is 5.17. The Hall–Kier alpha value is -2.43. The molecule has 3 rings (SSSR count). The fourth-order valence-corrected chi connectivity index (χ4v) is 2.13. The first-order chi connectivity index (χ1) is 10.1. The van der Waals surface area contributed by atoms with Crippen molar-refractivity contribution >= 4 is 16.8 Å². The Morgan fingerprint density at radius 2 is 2.00 bits per heavy atom. The van der Waals surface area contributed by atoms with Gasteiger partial charge in [0.2, 0.25) is 0 Å². The van der Waals surface area contributed by atoms with Gasteiger partial charge in [-0.15, -0.1) is 0 Å². The molecule has 0 amide bonds. The summed E-state index contributed by atoms with van der Waals surface area (Å²) in [6, 6.07) is 8.45. The summed E-state index contributed by atoms with van der Waals surface area (Å²) in [5, 5.41) is 3.73. The van der Waals surface area contributed by atoms with Crippen LogP contribution >= 0.6 is 0 Å². The topological polar surface area (TPSA) is 51.0 Å². The van der Waals surface area contributed by atoms with Crippen molar-refractivity contribution in [2.75, 3.05) is 12.4 Å². The van der Waals surface area contributed by atoms with E-state index in [-0.39, 0.29) is 17.3 Å². The number of nitrogens with zero attached hydrogens (tertiary/aromatic N) is 2. The highest BCUT2D eigenvalue weighted by atomic mass is 19.1. The highest BCUT2D eigenvalue weighted by molar-refractivity contribution is 5.82. The minimum absolute atomic E-state index is 0.193. The number of hydrogen-bond acceptors (Lipinski definition) is 4. The third kappa shape index (κ3) is 2.46. The molecule has 0 aliphatic heterocycles. The Morgan fingerprint density at radius 3 is 2.67 bits per heavy atom. The molecule has 0 saturated heterocycles. The van der Waals surface area contributed by atoms with Crippen molar-refractivity contribution in [1.29, 1.82) is 0 Å². The van der Waals surface area contributed by atoms with Crippen molar-refractivity contribution in [1.82, 2.24) is 9.97 Å². The van der Waals surface area contributed by atoms with Crippen LogP contribution in [0.1, 0.15) is 25.6 Å². The first-order valence-corrected chi connectivity index (χ1v) is 6.83. The monoisotopic (exact) mass is 285 g/mol. The third-order valence-corrected chi connectivity index (χ3v) is 3.26. The lowest BCUT2D eigenvalue weighted by Gasteiger charge is -2.08. The number of rotatable bonds is 3. The van der Waals surface area contributed by atoms with Crippen LogP contribution < -0.4 is 5.32 Å². The molecule has 5 heteroatoms. The van der Waals surface area contributed by atoms with E-state index in [2.05, 4.69) is 15.3 Å². The number of nitrogens with one attached hydrogen (secondary N) is 1. The molecule has 21 heavy (non-hydrogen) atoms. The standard InChI is InChI=1S/C16H16FN3O/c1-9(2)16-19-12(8-14(18-3)20-16)13-7-10-5-4-6-11(17)15(10)21-13/h4-9H,1-3H3,(H,18,19,20). The van der Waals surface area contributed by atoms with E-state index in [1.165, 1.54) is 6.07 Å². The molecular formula is C16H16FN3O. The van der Waals surface area contributed by atoms with E-state index in [9.17, 15) is 4.39 Å². The maximum Gasteiger partial charge on any atom is 0.170 e. The van der Waals surface area contributed by atoms with Gasteiger partial charge in [0, 0.05) is 24.4 Å². The number of halogens is 1. The molecule has 0 aliphatic rings. The quantitative estimate of drug-likeness (QED) is 0.783. The fraction of sp³-hybridized carbons (Fsp3) is 0.250. The summed E-state index contributed by atoms with van der Waals surface area (Å²) in [7, 11) is 1.80. The van der Waals surface area contributed by atoms with Crippen molar-refractivity contribution in [2.24, 2.45) is 0 Å². The molecule has 4 nitrogen and oxygen atoms in total. The number of hydrogen-bond donors (Lipinski definition) is 1. The summed E-state index contributed by atoms with van der Waals surface area (Å²) in [5.74, 6) is 1.79. The first-order valence-electron chi connectivity index (χ1n) is 6.83. The van der Waals surface area contributed by atoms with Crippen molar-refractivity contribution in [3.63, 3.8) is 0 Å². The van der Waals surface area contributed by atoms with E-state index in [4.69, 9.17) is 4.42 Å². The highest BCUT2D eigenvalue weighted by Crippen LogP contribution is 2.29. The Bertz CT molecular complexity index is 795. The van der Waals surface area contributed by atoms with Gasteiger partial charge in [-0.05, 0) is 12.1 Å². The Labute approximate surface area is 122 Å². The molecule has 0 spiro atoms. The molecule has 0 unspecified atom stereocenters. The van der Waals surface area contributed by atoms with Crippen molar-refractivity contribution < 1.29 is 8.81 Å². The zero-order valence-corrected chi connectivity index (χ0v) is 12.1. The fourth-order valence-electron chi connectivity index (χ4n) is 2.13. The smallest absolute Gasteiger partial charge is 0.170 e. The summed E-state index contributed by atoms with van der Waals surface area (Å²) in [5.41, 5.74) is 0.900. The van der Waals surface area contributed by atoms with Crippen LogP contribution in [0, 0.1) is 5.82 Å². The van der Waals surface area contributed by atoms with Crippen LogP contribution in [0.25, 0.3) is 22.4 Å². The van der Waals surface area contributed by atoms with Gasteiger partial charge < -0.3 is 9.73 Å². The number of furan rings is 1. The maximum atomic E-state index is 13.7. The average Bonchev–Trinajstić information content (AvgIpc) is 2.92. The van der Waals surface area contributed by atoms with Crippen LogP contribution in [0.15, 0.2) is 34.7 Å². The number of benzene rings is 1. The lowest BCUT2D eigenvalue weighted by Crippen LogP contribution is -2.02. The molecule has 2 heterocycles. The molecule has 1 N–H and O–H groups in total. The molecule has 0 bridgehead atoms. The van der Waals surface area contributed by atoms with Crippen molar-refractivity contribution in [2.45, 2.75) is 19.8 Å². The zero-order valence-electron chi connectivity index (χ0n) is 12.1. The minimum Gasteiger partial charge on any atom is -0.451 e. The van der Waals surface area contributed by atoms with Crippen LogP contribution in [0.5, 0.6) is 0 Å². The second kappa shape index (κ2) is 5.16. The van der Waals surface area contributed by atoms with E-state index < -0.39 is 0 Å². The van der Waals surface area contributed by atoms with Gasteiger partial charge in [0.05, 0.1) is 0 Å². The summed E-state index contributed by atoms with van der Waals surface area (Å²) in [6.07, 6.45) is 0. The second-order valence-corrected chi connectivity index (χ2v) is 5.17. The van der Waals surface area contributed by atoms with E-state index in [1.807, 2.05) is 19.9 Å². The van der Waals surface area contributed by atoms with Gasteiger partial charge in [0.25, 0.3) is 0 Å². The number of fused-ring (bicyclic) bond motifs is 1.